The molecule has 0 aromatic heterocycles. The minimum Gasteiger partial charge on any atom is -0.0530 e. The lowest BCUT2D eigenvalue weighted by Crippen LogP contribution is -2.33. The van der Waals surface area contributed by atoms with Crippen LogP contribution >= 0.6 is 0 Å². The molecule has 0 spiro atoms. The summed E-state index contributed by atoms with van der Waals surface area (Å²) in [5.41, 5.74) is 0. The van der Waals surface area contributed by atoms with Gasteiger partial charge in [0, 0.05) is 0 Å². The molecule has 0 aromatic carbocycles. The van der Waals surface area contributed by atoms with Gasteiger partial charge >= 0.3 is 0 Å². The molecule has 0 heterocycles. The smallest absolute Gasteiger partial charge is 0.0380 e. The van der Waals surface area contributed by atoms with Crippen LogP contribution in [0.1, 0.15) is 283 Å². The summed E-state index contributed by atoms with van der Waals surface area (Å²) in [4.78, 5) is 0. The van der Waals surface area contributed by atoms with Crippen LogP contribution in [0.2, 0.25) is 0 Å². The van der Waals surface area contributed by atoms with Gasteiger partial charge in [-0.25, -0.2) is 0 Å². The number of hydrogen-bond acceptors (Lipinski definition) is 0. The Balaban J connectivity index is 0.640. The maximum Gasteiger partial charge on any atom is -0.0380 e. The SMILES string of the molecule is C1CCC(C2CCC(C3CCC(C4CCC(C5CCC(C6CCC(C7CCC(C8CCCC8)CC7)CC(C7CCC(C8CCC(C9CCCC9)CC8)CC7)C6)CC5)CC4)CC3)CC2)C1. The Labute approximate surface area is 399 Å². The predicted octanol–water partition coefficient (Wildman–Crippen LogP) is 19.6. The van der Waals surface area contributed by atoms with Gasteiger partial charge in [0.15, 0.2) is 0 Å². The molecular weight excluding hydrogens is 769 g/mol. The normalized spacial score (nSPS) is 47.7. The number of rotatable bonds is 10. The van der Waals surface area contributed by atoms with Gasteiger partial charge in [-0.1, -0.05) is 77.0 Å². The van der Waals surface area contributed by atoms with E-state index in [1.165, 1.54) is 0 Å². The fourth-order valence-corrected chi connectivity index (χ4v) is 21.7. The van der Waals surface area contributed by atoms with Crippen LogP contribution in [0.5, 0.6) is 0 Å². The van der Waals surface area contributed by atoms with Gasteiger partial charge in [0.2, 0.25) is 0 Å². The van der Waals surface area contributed by atoms with Gasteiger partial charge in [-0.05, 0) is 324 Å². The van der Waals surface area contributed by atoms with Gasteiger partial charge in [-0.2, -0.15) is 0 Å². The van der Waals surface area contributed by atoms with Gasteiger partial charge < -0.3 is 0 Å². The average Bonchev–Trinajstić information content (AvgIpc) is 4.20. The molecule has 0 amide bonds. The molecule has 3 unspecified atom stereocenters. The minimum absolute atomic E-state index is 1.09. The Hall–Kier alpha value is 0. The zero-order chi connectivity index (χ0) is 42.7. The van der Waals surface area contributed by atoms with Crippen LogP contribution in [0.15, 0.2) is 0 Å². The Bertz CT molecular complexity index is 1320. The first-order chi connectivity index (χ1) is 31.7. The highest BCUT2D eigenvalue weighted by Crippen LogP contribution is 2.55. The highest BCUT2D eigenvalue weighted by atomic mass is 14.5. The van der Waals surface area contributed by atoms with Crippen molar-refractivity contribution in [3.63, 3.8) is 0 Å². The first-order valence-electron chi connectivity index (χ1n) is 31.7. The molecule has 11 fully saturated rings. The lowest BCUT2D eigenvalue weighted by atomic mass is 9.62. The monoisotopic (exact) mass is 877 g/mol. The van der Waals surface area contributed by atoms with E-state index in [9.17, 15) is 0 Å². The van der Waals surface area contributed by atoms with Crippen LogP contribution in [-0.2, 0) is 0 Å². The molecule has 0 bridgehead atoms. The molecular formula is C64H108. The van der Waals surface area contributed by atoms with Crippen molar-refractivity contribution >= 4 is 0 Å². The van der Waals surface area contributed by atoms with E-state index in [1.54, 1.807) is 283 Å². The lowest BCUT2D eigenvalue weighted by Gasteiger charge is -2.44. The fraction of sp³-hybridized carbons (Fsp3) is 1.00. The van der Waals surface area contributed by atoms with E-state index in [-0.39, 0.29) is 0 Å². The van der Waals surface area contributed by atoms with E-state index >= 15 is 0 Å². The van der Waals surface area contributed by atoms with Crippen molar-refractivity contribution in [1.82, 2.24) is 0 Å². The van der Waals surface area contributed by atoms with Crippen molar-refractivity contribution in [1.29, 1.82) is 0 Å². The molecule has 3 atom stereocenters. The van der Waals surface area contributed by atoms with Crippen LogP contribution < -0.4 is 0 Å². The fourth-order valence-electron chi connectivity index (χ4n) is 21.7. The van der Waals surface area contributed by atoms with E-state index in [2.05, 4.69) is 0 Å². The van der Waals surface area contributed by atoms with Gasteiger partial charge in [-0.3, -0.25) is 0 Å². The van der Waals surface area contributed by atoms with Crippen molar-refractivity contribution in [2.24, 2.45) is 118 Å². The van der Waals surface area contributed by atoms with Crippen LogP contribution in [0.4, 0.5) is 0 Å². The van der Waals surface area contributed by atoms with Gasteiger partial charge in [0.25, 0.3) is 0 Å². The molecule has 0 heteroatoms. The molecule has 0 aromatic rings. The summed E-state index contributed by atoms with van der Waals surface area (Å²) in [6.07, 6.45) is 70.6. The molecule has 11 aliphatic carbocycles. The van der Waals surface area contributed by atoms with Crippen molar-refractivity contribution in [3.05, 3.63) is 0 Å². The molecule has 11 aliphatic rings. The Morgan fingerprint density at radius 3 is 0.375 bits per heavy atom. The third kappa shape index (κ3) is 11.1. The second kappa shape index (κ2) is 22.4. The Morgan fingerprint density at radius 2 is 0.203 bits per heavy atom. The zero-order valence-electron chi connectivity index (χ0n) is 42.7. The third-order valence-corrected chi connectivity index (χ3v) is 25.7. The average molecular weight is 878 g/mol. The highest BCUT2D eigenvalue weighted by Gasteiger charge is 2.43. The van der Waals surface area contributed by atoms with E-state index in [0.717, 1.165) is 118 Å². The second-order valence-electron chi connectivity index (χ2n) is 28.2. The largest absolute Gasteiger partial charge is 0.0530 e. The van der Waals surface area contributed by atoms with Gasteiger partial charge in [0.1, 0.15) is 0 Å². The third-order valence-electron chi connectivity index (χ3n) is 25.7. The summed E-state index contributed by atoms with van der Waals surface area (Å²) in [5, 5.41) is 0. The van der Waals surface area contributed by atoms with Crippen LogP contribution in [0, 0.1) is 118 Å². The molecule has 0 nitrogen and oxygen atoms in total. The molecule has 0 N–H and O–H groups in total. The molecule has 64 heavy (non-hydrogen) atoms. The quantitative estimate of drug-likeness (QED) is 0.192. The zero-order valence-corrected chi connectivity index (χ0v) is 42.7. The molecule has 0 radical (unpaired) electrons. The van der Waals surface area contributed by atoms with E-state index in [0.29, 0.717) is 0 Å². The highest BCUT2D eigenvalue weighted by molar-refractivity contribution is 4.94. The van der Waals surface area contributed by atoms with Crippen LogP contribution in [0.25, 0.3) is 0 Å². The van der Waals surface area contributed by atoms with Crippen molar-refractivity contribution in [2.75, 3.05) is 0 Å². The maximum atomic E-state index is 1.67. The van der Waals surface area contributed by atoms with E-state index < -0.39 is 0 Å². The molecule has 0 aliphatic heterocycles. The minimum atomic E-state index is 1.09. The summed E-state index contributed by atoms with van der Waals surface area (Å²) in [6.45, 7) is 0. The Morgan fingerprint density at radius 1 is 0.0938 bits per heavy atom. The second-order valence-corrected chi connectivity index (χ2v) is 28.2. The Kier molecular flexibility index (Phi) is 16.2. The van der Waals surface area contributed by atoms with Crippen molar-refractivity contribution in [3.8, 4) is 0 Å². The summed E-state index contributed by atoms with van der Waals surface area (Å²) >= 11 is 0. The van der Waals surface area contributed by atoms with Gasteiger partial charge in [-0.15, -0.1) is 0 Å². The van der Waals surface area contributed by atoms with E-state index in [1.807, 2.05) is 0 Å². The molecule has 11 rings (SSSR count). The molecule has 11 saturated carbocycles. The van der Waals surface area contributed by atoms with E-state index in [4.69, 9.17) is 0 Å². The standard InChI is InChI=1S/C64H108/c1-2-8-45(7-1)48-13-17-51(18-14-48)53-21-23-54(24-22-53)55-25-27-56(28-26-55)57-31-37-60(38-32-57)63-42-41-62(59-35-29-50(30-36-59)47-11-5-6-12-47)43-64(44-63)61-39-33-58(34-40-61)52-19-15-49(16-20-52)46-9-3-4-10-46/h45-64H,1-44H2. The van der Waals surface area contributed by atoms with Crippen LogP contribution in [0.3, 0.4) is 0 Å². The van der Waals surface area contributed by atoms with Gasteiger partial charge in [0.05, 0.1) is 0 Å². The molecule has 364 valence electrons. The van der Waals surface area contributed by atoms with Crippen LogP contribution in [-0.4, -0.2) is 0 Å². The van der Waals surface area contributed by atoms with Crippen molar-refractivity contribution < 1.29 is 0 Å². The number of hydrogen-bond donors (Lipinski definition) is 0. The predicted molar refractivity (Wildman–Crippen MR) is 273 cm³/mol. The summed E-state index contributed by atoms with van der Waals surface area (Å²) < 4.78 is 0. The molecule has 0 saturated heterocycles. The van der Waals surface area contributed by atoms with Crippen molar-refractivity contribution in [2.45, 2.75) is 283 Å². The first-order valence-corrected chi connectivity index (χ1v) is 31.7. The topological polar surface area (TPSA) is 0 Å². The maximum absolute atomic E-state index is 1.67. The summed E-state index contributed by atoms with van der Waals surface area (Å²) in [6, 6.07) is 0. The summed E-state index contributed by atoms with van der Waals surface area (Å²) in [5.74, 6) is 22.1. The first kappa shape index (κ1) is 46.4. The summed E-state index contributed by atoms with van der Waals surface area (Å²) in [7, 11) is 0. The lowest BCUT2D eigenvalue weighted by molar-refractivity contribution is 0.0717.